The van der Waals surface area contributed by atoms with Crippen molar-refractivity contribution in [2.24, 2.45) is 0 Å². The number of morpholine rings is 1. The van der Waals surface area contributed by atoms with Crippen molar-refractivity contribution in [3.63, 3.8) is 0 Å². The van der Waals surface area contributed by atoms with E-state index in [0.717, 1.165) is 12.8 Å². The summed E-state index contributed by atoms with van der Waals surface area (Å²) in [6, 6.07) is 7.33. The maximum atomic E-state index is 12.6. The average molecular weight is 314 g/mol. The second-order valence-corrected chi connectivity index (χ2v) is 5.81. The topological polar surface area (TPSA) is 64.8 Å². The van der Waals surface area contributed by atoms with Crippen molar-refractivity contribution in [3.8, 4) is 5.88 Å². The molecule has 6 heteroatoms. The van der Waals surface area contributed by atoms with Crippen LogP contribution in [0, 0.1) is 0 Å². The van der Waals surface area contributed by atoms with Gasteiger partial charge in [-0.2, -0.15) is 0 Å². The Morgan fingerprint density at radius 1 is 1.30 bits per heavy atom. The van der Waals surface area contributed by atoms with E-state index < -0.39 is 0 Å². The lowest BCUT2D eigenvalue weighted by atomic mass is 10.1. The summed E-state index contributed by atoms with van der Waals surface area (Å²) in [5.41, 5.74) is 0.583. The van der Waals surface area contributed by atoms with Crippen LogP contribution in [-0.2, 0) is 4.74 Å². The molecule has 0 aromatic carbocycles. The fourth-order valence-corrected chi connectivity index (χ4v) is 3.42. The number of carbonyl (C=O) groups is 1. The quantitative estimate of drug-likeness (QED) is 0.868. The van der Waals surface area contributed by atoms with Gasteiger partial charge in [-0.25, -0.2) is 4.98 Å². The van der Waals surface area contributed by atoms with Crippen LogP contribution in [0.5, 0.6) is 5.88 Å². The van der Waals surface area contributed by atoms with E-state index in [4.69, 9.17) is 13.9 Å². The first-order valence-electron chi connectivity index (χ1n) is 7.85. The van der Waals surface area contributed by atoms with E-state index in [0.29, 0.717) is 24.6 Å². The van der Waals surface area contributed by atoms with Gasteiger partial charge in [0.25, 0.3) is 5.91 Å². The Bertz CT molecular complexity index is 658. The minimum atomic E-state index is -0.110. The first-order valence-corrected chi connectivity index (χ1v) is 7.85. The van der Waals surface area contributed by atoms with E-state index in [9.17, 15) is 4.79 Å². The molecule has 0 N–H and O–H groups in total. The number of hydrogen-bond donors (Lipinski definition) is 0. The van der Waals surface area contributed by atoms with E-state index in [-0.39, 0.29) is 24.2 Å². The molecule has 6 nitrogen and oxygen atoms in total. The molecule has 2 aliphatic rings. The normalized spacial score (nSPS) is 26.8. The van der Waals surface area contributed by atoms with Crippen molar-refractivity contribution in [1.82, 2.24) is 9.88 Å². The third kappa shape index (κ3) is 2.70. The summed E-state index contributed by atoms with van der Waals surface area (Å²) >= 11 is 0. The molecule has 2 aromatic rings. The highest BCUT2D eigenvalue weighted by Crippen LogP contribution is 2.33. The fourth-order valence-electron chi connectivity index (χ4n) is 3.42. The van der Waals surface area contributed by atoms with Crippen LogP contribution >= 0.6 is 0 Å². The zero-order chi connectivity index (χ0) is 15.6. The molecule has 1 saturated heterocycles. The number of hydrogen-bond acceptors (Lipinski definition) is 5. The van der Waals surface area contributed by atoms with Crippen molar-refractivity contribution in [3.05, 3.63) is 48.6 Å². The molecule has 120 valence electrons. The summed E-state index contributed by atoms with van der Waals surface area (Å²) in [6.07, 6.45) is 6.25. The summed E-state index contributed by atoms with van der Waals surface area (Å²) < 4.78 is 16.9. The van der Waals surface area contributed by atoms with E-state index in [2.05, 4.69) is 4.98 Å². The van der Waals surface area contributed by atoms with Gasteiger partial charge in [0.2, 0.25) is 5.88 Å². The lowest BCUT2D eigenvalue weighted by molar-refractivity contribution is -0.0793. The predicted octanol–water partition coefficient (Wildman–Crippen LogP) is 2.13. The maximum absolute atomic E-state index is 12.6. The van der Waals surface area contributed by atoms with Crippen LogP contribution in [-0.4, -0.2) is 47.2 Å². The molecule has 1 aliphatic heterocycles. The summed E-state index contributed by atoms with van der Waals surface area (Å²) in [6.45, 7) is 1.12. The van der Waals surface area contributed by atoms with Crippen LogP contribution in [0.3, 0.4) is 0 Å². The van der Waals surface area contributed by atoms with E-state index in [1.807, 2.05) is 23.1 Å². The molecule has 23 heavy (non-hydrogen) atoms. The molecular formula is C17H18N2O4. The molecule has 3 heterocycles. The van der Waals surface area contributed by atoms with Gasteiger partial charge >= 0.3 is 0 Å². The molecular weight excluding hydrogens is 296 g/mol. The van der Waals surface area contributed by atoms with E-state index in [1.165, 1.54) is 12.5 Å². The van der Waals surface area contributed by atoms with Crippen molar-refractivity contribution in [1.29, 1.82) is 0 Å². The second-order valence-electron chi connectivity index (χ2n) is 5.81. The highest BCUT2D eigenvalue weighted by atomic mass is 16.5. The van der Waals surface area contributed by atoms with E-state index in [1.54, 1.807) is 12.3 Å². The largest absolute Gasteiger partial charge is 0.472 e. The summed E-state index contributed by atoms with van der Waals surface area (Å²) in [7, 11) is 0. The molecule has 0 bridgehead atoms. The number of furan rings is 1. The molecule has 3 atom stereocenters. The van der Waals surface area contributed by atoms with Gasteiger partial charge in [0.1, 0.15) is 18.5 Å². The minimum absolute atomic E-state index is 0.00413. The van der Waals surface area contributed by atoms with Crippen molar-refractivity contribution in [2.75, 3.05) is 13.2 Å². The van der Waals surface area contributed by atoms with Crippen LogP contribution in [0.4, 0.5) is 0 Å². The Hall–Kier alpha value is -2.34. The third-order valence-corrected chi connectivity index (χ3v) is 4.47. The van der Waals surface area contributed by atoms with Gasteiger partial charge in [-0.1, -0.05) is 6.07 Å². The second kappa shape index (κ2) is 6.04. The first kappa shape index (κ1) is 14.3. The number of fused-ring (bicyclic) bond motifs is 1. The minimum Gasteiger partial charge on any atom is -0.472 e. The van der Waals surface area contributed by atoms with Gasteiger partial charge in [-0.05, 0) is 25.0 Å². The Morgan fingerprint density at radius 2 is 2.26 bits per heavy atom. The lowest BCUT2D eigenvalue weighted by Crippen LogP contribution is -2.54. The standard InChI is InChI=1S/C17H18N2O4/c20-17(12-6-9-21-11-12)19-8-10-22-16-13(19)4-5-14(16)23-15-3-1-2-7-18-15/h1-3,6-7,9,11,13-14,16H,4-5,8,10H2/t13-,14-,16+/m1/s1. The van der Waals surface area contributed by atoms with Gasteiger partial charge < -0.3 is 18.8 Å². The molecule has 4 rings (SSSR count). The molecule has 1 amide bonds. The highest BCUT2D eigenvalue weighted by molar-refractivity contribution is 5.94. The molecule has 0 unspecified atom stereocenters. The first-order chi connectivity index (χ1) is 11.3. The Labute approximate surface area is 134 Å². The highest BCUT2D eigenvalue weighted by Gasteiger charge is 2.46. The van der Waals surface area contributed by atoms with Gasteiger partial charge in [0.05, 0.1) is 24.5 Å². The molecule has 1 saturated carbocycles. The monoisotopic (exact) mass is 314 g/mol. The number of aromatic nitrogens is 1. The summed E-state index contributed by atoms with van der Waals surface area (Å²) in [4.78, 5) is 18.7. The maximum Gasteiger partial charge on any atom is 0.257 e. The molecule has 0 spiro atoms. The van der Waals surface area contributed by atoms with Crippen molar-refractivity contribution in [2.45, 2.75) is 31.1 Å². The van der Waals surface area contributed by atoms with Crippen LogP contribution < -0.4 is 4.74 Å². The zero-order valence-corrected chi connectivity index (χ0v) is 12.6. The number of amides is 1. The number of nitrogens with zero attached hydrogens (tertiary/aromatic N) is 2. The van der Waals surface area contributed by atoms with Gasteiger partial charge in [0.15, 0.2) is 0 Å². The SMILES string of the molecule is O=C(c1ccoc1)N1CCO[C@H]2[C@H]1CC[C@H]2Oc1ccccn1. The average Bonchev–Trinajstić information content (AvgIpc) is 3.25. The number of carbonyl (C=O) groups excluding carboxylic acids is 1. The fraction of sp³-hybridized carbons (Fsp3) is 0.412. The van der Waals surface area contributed by atoms with Gasteiger partial charge in [-0.15, -0.1) is 0 Å². The van der Waals surface area contributed by atoms with Gasteiger partial charge in [-0.3, -0.25) is 4.79 Å². The van der Waals surface area contributed by atoms with Crippen LogP contribution in [0.25, 0.3) is 0 Å². The number of rotatable bonds is 3. The van der Waals surface area contributed by atoms with Crippen LogP contribution in [0.15, 0.2) is 47.4 Å². The smallest absolute Gasteiger partial charge is 0.257 e. The zero-order valence-electron chi connectivity index (χ0n) is 12.6. The third-order valence-electron chi connectivity index (χ3n) is 4.47. The van der Waals surface area contributed by atoms with Crippen LogP contribution in [0.1, 0.15) is 23.2 Å². The predicted molar refractivity (Wildman–Crippen MR) is 81.2 cm³/mol. The Kier molecular flexibility index (Phi) is 3.75. The summed E-state index contributed by atoms with van der Waals surface area (Å²) in [5, 5.41) is 0. The summed E-state index contributed by atoms with van der Waals surface area (Å²) in [5.74, 6) is 0.593. The van der Waals surface area contributed by atoms with Gasteiger partial charge in [0, 0.05) is 18.8 Å². The number of ether oxygens (including phenoxy) is 2. The van der Waals surface area contributed by atoms with Crippen molar-refractivity contribution >= 4 is 5.91 Å². The lowest BCUT2D eigenvalue weighted by Gasteiger charge is -2.38. The Morgan fingerprint density at radius 3 is 3.04 bits per heavy atom. The molecule has 2 fully saturated rings. The molecule has 1 aliphatic carbocycles. The van der Waals surface area contributed by atoms with Crippen LogP contribution in [0.2, 0.25) is 0 Å². The van der Waals surface area contributed by atoms with E-state index >= 15 is 0 Å². The molecule has 0 radical (unpaired) electrons. The Balaban J connectivity index is 1.49. The van der Waals surface area contributed by atoms with Crippen molar-refractivity contribution < 1.29 is 18.7 Å². The molecule has 2 aromatic heterocycles. The number of pyridine rings is 1.